The van der Waals surface area contributed by atoms with Crippen molar-refractivity contribution in [2.75, 3.05) is 5.32 Å². The van der Waals surface area contributed by atoms with Gasteiger partial charge in [0.25, 0.3) is 0 Å². The molecule has 78 valence electrons. The van der Waals surface area contributed by atoms with Gasteiger partial charge < -0.3 is 11.1 Å². The SMILES string of the molecule is NCc1cnc(Nc2ccccc2Br)s1. The maximum atomic E-state index is 5.52. The van der Waals surface area contributed by atoms with E-state index in [-0.39, 0.29) is 0 Å². The van der Waals surface area contributed by atoms with Gasteiger partial charge in [-0.05, 0) is 28.1 Å². The average Bonchev–Trinajstić information content (AvgIpc) is 2.69. The van der Waals surface area contributed by atoms with Gasteiger partial charge in [-0.25, -0.2) is 4.98 Å². The summed E-state index contributed by atoms with van der Waals surface area (Å²) in [6.07, 6.45) is 1.80. The van der Waals surface area contributed by atoms with Crippen molar-refractivity contribution in [3.63, 3.8) is 0 Å². The minimum absolute atomic E-state index is 0.537. The highest BCUT2D eigenvalue weighted by Gasteiger charge is 2.02. The highest BCUT2D eigenvalue weighted by Crippen LogP contribution is 2.27. The highest BCUT2D eigenvalue weighted by molar-refractivity contribution is 9.10. The Labute approximate surface area is 100 Å². The average molecular weight is 284 g/mol. The molecular formula is C10H10BrN3S. The Balaban J connectivity index is 2.18. The summed E-state index contributed by atoms with van der Waals surface area (Å²) < 4.78 is 1.02. The van der Waals surface area contributed by atoms with Crippen LogP contribution in [0, 0.1) is 0 Å². The molecule has 0 saturated heterocycles. The Kier molecular flexibility index (Phi) is 3.35. The summed E-state index contributed by atoms with van der Waals surface area (Å²) in [6.45, 7) is 0.537. The summed E-state index contributed by atoms with van der Waals surface area (Å²) in [7, 11) is 0. The largest absolute Gasteiger partial charge is 0.331 e. The number of hydrogen-bond donors (Lipinski definition) is 2. The lowest BCUT2D eigenvalue weighted by Crippen LogP contribution is -1.91. The van der Waals surface area contributed by atoms with E-state index in [9.17, 15) is 0 Å². The molecule has 1 heterocycles. The monoisotopic (exact) mass is 283 g/mol. The number of nitrogens with one attached hydrogen (secondary N) is 1. The van der Waals surface area contributed by atoms with Crippen molar-refractivity contribution in [2.45, 2.75) is 6.54 Å². The third kappa shape index (κ3) is 2.56. The minimum atomic E-state index is 0.537. The number of thiazole rings is 1. The third-order valence-corrected chi connectivity index (χ3v) is 3.50. The molecule has 5 heteroatoms. The quantitative estimate of drug-likeness (QED) is 0.910. The molecule has 0 aliphatic carbocycles. The first kappa shape index (κ1) is 10.6. The molecule has 0 saturated carbocycles. The Morgan fingerprint density at radius 1 is 1.40 bits per heavy atom. The Hall–Kier alpha value is -0.910. The van der Waals surface area contributed by atoms with Crippen molar-refractivity contribution in [3.8, 4) is 0 Å². The zero-order chi connectivity index (χ0) is 10.7. The van der Waals surface area contributed by atoms with Gasteiger partial charge in [0.15, 0.2) is 5.13 Å². The van der Waals surface area contributed by atoms with Crippen molar-refractivity contribution in [2.24, 2.45) is 5.73 Å². The van der Waals surface area contributed by atoms with Gasteiger partial charge in [-0.15, -0.1) is 11.3 Å². The van der Waals surface area contributed by atoms with Gasteiger partial charge in [-0.3, -0.25) is 0 Å². The lowest BCUT2D eigenvalue weighted by atomic mass is 10.3. The van der Waals surface area contributed by atoms with Crippen LogP contribution in [0.2, 0.25) is 0 Å². The van der Waals surface area contributed by atoms with Gasteiger partial charge in [-0.1, -0.05) is 12.1 Å². The van der Waals surface area contributed by atoms with Gasteiger partial charge in [-0.2, -0.15) is 0 Å². The van der Waals surface area contributed by atoms with Crippen molar-refractivity contribution in [3.05, 3.63) is 39.8 Å². The van der Waals surface area contributed by atoms with Crippen molar-refractivity contribution < 1.29 is 0 Å². The maximum Gasteiger partial charge on any atom is 0.187 e. The van der Waals surface area contributed by atoms with Crippen LogP contribution < -0.4 is 11.1 Å². The van der Waals surface area contributed by atoms with E-state index in [2.05, 4.69) is 26.2 Å². The van der Waals surface area contributed by atoms with Crippen molar-refractivity contribution >= 4 is 38.1 Å². The van der Waals surface area contributed by atoms with Gasteiger partial charge in [0, 0.05) is 22.1 Å². The number of rotatable bonds is 3. The second-order valence-corrected chi connectivity index (χ2v) is 4.91. The fourth-order valence-corrected chi connectivity index (χ4v) is 2.22. The summed E-state index contributed by atoms with van der Waals surface area (Å²) in [5, 5.41) is 4.10. The van der Waals surface area contributed by atoms with Crippen LogP contribution in [0.3, 0.4) is 0 Å². The van der Waals surface area contributed by atoms with Crippen molar-refractivity contribution in [1.82, 2.24) is 4.98 Å². The van der Waals surface area contributed by atoms with E-state index in [4.69, 9.17) is 5.73 Å². The lowest BCUT2D eigenvalue weighted by molar-refractivity contribution is 1.10. The molecule has 1 aromatic heterocycles. The molecule has 2 aromatic rings. The van der Waals surface area contributed by atoms with Gasteiger partial charge >= 0.3 is 0 Å². The number of anilines is 2. The number of aromatic nitrogens is 1. The van der Waals surface area contributed by atoms with Crippen LogP contribution in [0.15, 0.2) is 34.9 Å². The van der Waals surface area contributed by atoms with E-state index >= 15 is 0 Å². The number of nitrogens with two attached hydrogens (primary N) is 1. The molecule has 0 atom stereocenters. The summed E-state index contributed by atoms with van der Waals surface area (Å²) in [4.78, 5) is 5.30. The smallest absolute Gasteiger partial charge is 0.187 e. The molecule has 0 bridgehead atoms. The summed E-state index contributed by atoms with van der Waals surface area (Å²) >= 11 is 5.04. The molecule has 15 heavy (non-hydrogen) atoms. The van der Waals surface area contributed by atoms with Crippen LogP contribution in [0.4, 0.5) is 10.8 Å². The fraction of sp³-hybridized carbons (Fsp3) is 0.100. The second kappa shape index (κ2) is 4.74. The predicted octanol–water partition coefficient (Wildman–Crippen LogP) is 3.11. The second-order valence-electron chi connectivity index (χ2n) is 2.94. The van der Waals surface area contributed by atoms with E-state index < -0.39 is 0 Å². The van der Waals surface area contributed by atoms with Gasteiger partial charge in [0.05, 0.1) is 5.69 Å². The molecule has 1 aromatic carbocycles. The van der Waals surface area contributed by atoms with Gasteiger partial charge in [0.2, 0.25) is 0 Å². The Bertz CT molecular complexity index is 455. The molecule has 0 spiro atoms. The molecule has 0 amide bonds. The molecule has 0 unspecified atom stereocenters. The number of nitrogens with zero attached hydrogens (tertiary/aromatic N) is 1. The molecule has 0 radical (unpaired) electrons. The van der Waals surface area contributed by atoms with E-state index in [0.29, 0.717) is 6.54 Å². The van der Waals surface area contributed by atoms with Crippen molar-refractivity contribution in [1.29, 1.82) is 0 Å². The number of hydrogen-bond acceptors (Lipinski definition) is 4. The summed E-state index contributed by atoms with van der Waals surface area (Å²) in [5.74, 6) is 0. The number of benzene rings is 1. The fourth-order valence-electron chi connectivity index (χ4n) is 1.14. The predicted molar refractivity (Wildman–Crippen MR) is 67.4 cm³/mol. The third-order valence-electron chi connectivity index (χ3n) is 1.87. The van der Waals surface area contributed by atoms with Crippen LogP contribution in [-0.2, 0) is 6.54 Å². The first-order chi connectivity index (χ1) is 7.29. The summed E-state index contributed by atoms with van der Waals surface area (Å²) in [6, 6.07) is 7.93. The molecule has 3 N–H and O–H groups in total. The van der Waals surface area contributed by atoms with E-state index in [1.54, 1.807) is 17.5 Å². The summed E-state index contributed by atoms with van der Waals surface area (Å²) in [5.41, 5.74) is 6.53. The van der Waals surface area contributed by atoms with Crippen LogP contribution in [0.1, 0.15) is 4.88 Å². The molecular weight excluding hydrogens is 274 g/mol. The zero-order valence-electron chi connectivity index (χ0n) is 7.90. The molecule has 0 aliphatic heterocycles. The van der Waals surface area contributed by atoms with Crippen LogP contribution in [0.25, 0.3) is 0 Å². The molecule has 3 nitrogen and oxygen atoms in total. The van der Waals surface area contributed by atoms with Gasteiger partial charge in [0.1, 0.15) is 0 Å². The van der Waals surface area contributed by atoms with Crippen LogP contribution in [0.5, 0.6) is 0 Å². The molecule has 2 rings (SSSR count). The minimum Gasteiger partial charge on any atom is -0.331 e. The Morgan fingerprint density at radius 3 is 2.87 bits per heavy atom. The maximum absolute atomic E-state index is 5.52. The molecule has 0 fully saturated rings. The molecule has 0 aliphatic rings. The Morgan fingerprint density at radius 2 is 2.20 bits per heavy atom. The normalized spacial score (nSPS) is 10.3. The van der Waals surface area contributed by atoms with E-state index in [1.807, 2.05) is 24.3 Å². The van der Waals surface area contributed by atoms with E-state index in [0.717, 1.165) is 20.2 Å². The lowest BCUT2D eigenvalue weighted by Gasteiger charge is -2.03. The van der Waals surface area contributed by atoms with Crippen LogP contribution >= 0.6 is 27.3 Å². The standard InChI is InChI=1S/C10H10BrN3S/c11-8-3-1-2-4-9(8)14-10-13-6-7(5-12)15-10/h1-4,6H,5,12H2,(H,13,14). The topological polar surface area (TPSA) is 50.9 Å². The zero-order valence-corrected chi connectivity index (χ0v) is 10.3. The van der Waals surface area contributed by atoms with E-state index in [1.165, 1.54) is 0 Å². The first-order valence-corrected chi connectivity index (χ1v) is 6.07. The number of para-hydroxylation sites is 1. The highest BCUT2D eigenvalue weighted by atomic mass is 79.9. The van der Waals surface area contributed by atoms with Crippen LogP contribution in [-0.4, -0.2) is 4.98 Å². The first-order valence-electron chi connectivity index (χ1n) is 4.46. The number of halogens is 1.